The molecule has 1 aromatic rings. The van der Waals surface area contributed by atoms with Gasteiger partial charge in [-0.1, -0.05) is 0 Å². The van der Waals surface area contributed by atoms with Crippen molar-refractivity contribution >= 4 is 0 Å². The van der Waals surface area contributed by atoms with Crippen molar-refractivity contribution in [2.75, 3.05) is 0 Å². The number of hydrogen-bond acceptors (Lipinski definition) is 3. The first kappa shape index (κ1) is 7.67. The van der Waals surface area contributed by atoms with Crippen LogP contribution in [0.15, 0.2) is 0 Å². The first-order valence-corrected chi connectivity index (χ1v) is 3.98. The molecule has 0 aromatic carbocycles. The third-order valence-electron chi connectivity index (χ3n) is 2.02. The van der Waals surface area contributed by atoms with Crippen molar-refractivity contribution in [3.05, 3.63) is 11.6 Å². The van der Waals surface area contributed by atoms with Gasteiger partial charge in [-0.15, -0.1) is 0 Å². The summed E-state index contributed by atoms with van der Waals surface area (Å²) in [6, 6.07) is -0.296. The molecule has 0 bridgehead atoms. The van der Waals surface area contributed by atoms with E-state index in [4.69, 9.17) is 5.73 Å². The van der Waals surface area contributed by atoms with Crippen molar-refractivity contribution in [2.45, 2.75) is 32.1 Å². The fourth-order valence-electron chi connectivity index (χ4n) is 1.52. The zero-order chi connectivity index (χ0) is 8.72. The number of nitrogens with two attached hydrogens (primary N) is 1. The number of nitrogens with zero attached hydrogens (tertiary/aromatic N) is 3. The minimum Gasteiger partial charge on any atom is -0.321 e. The Morgan fingerprint density at radius 1 is 1.67 bits per heavy atom. The minimum atomic E-state index is -0.881. The largest absolute Gasteiger partial charge is 0.321 e. The molecule has 0 aliphatic carbocycles. The molecule has 2 heterocycles. The third kappa shape index (κ3) is 1.10. The lowest BCUT2D eigenvalue weighted by atomic mass is 10.1. The van der Waals surface area contributed by atoms with Gasteiger partial charge in [0.1, 0.15) is 17.8 Å². The fourth-order valence-corrected chi connectivity index (χ4v) is 1.52. The highest BCUT2D eigenvalue weighted by Gasteiger charge is 2.26. The smallest absolute Gasteiger partial charge is 0.147 e. The van der Waals surface area contributed by atoms with Crippen molar-refractivity contribution in [3.8, 4) is 0 Å². The van der Waals surface area contributed by atoms with Crippen LogP contribution in [-0.4, -0.2) is 20.9 Å². The Kier molecular flexibility index (Phi) is 1.61. The average Bonchev–Trinajstić information content (AvgIpc) is 2.29. The van der Waals surface area contributed by atoms with Gasteiger partial charge in [0.25, 0.3) is 0 Å². The highest BCUT2D eigenvalue weighted by molar-refractivity contribution is 5.01. The summed E-state index contributed by atoms with van der Waals surface area (Å²) in [5, 5.41) is 4.04. The molecule has 0 spiro atoms. The molecule has 0 saturated heterocycles. The van der Waals surface area contributed by atoms with Gasteiger partial charge in [-0.05, 0) is 6.92 Å². The summed E-state index contributed by atoms with van der Waals surface area (Å²) in [7, 11) is 0. The van der Waals surface area contributed by atoms with Crippen molar-refractivity contribution < 1.29 is 4.39 Å². The van der Waals surface area contributed by atoms with E-state index >= 15 is 0 Å². The van der Waals surface area contributed by atoms with E-state index in [0.717, 1.165) is 0 Å². The number of hydrogen-bond donors (Lipinski definition) is 1. The Balaban J connectivity index is 2.40. The van der Waals surface area contributed by atoms with Crippen LogP contribution in [0.1, 0.15) is 24.1 Å². The zero-order valence-electron chi connectivity index (χ0n) is 6.87. The Labute approximate surface area is 69.6 Å². The molecular formula is C7H11FN4. The molecule has 1 aliphatic rings. The van der Waals surface area contributed by atoms with Crippen molar-refractivity contribution in [1.29, 1.82) is 0 Å². The van der Waals surface area contributed by atoms with Crippen LogP contribution < -0.4 is 5.73 Å². The third-order valence-corrected chi connectivity index (χ3v) is 2.02. The number of aromatic nitrogens is 3. The maximum absolute atomic E-state index is 13.0. The molecule has 66 valence electrons. The van der Waals surface area contributed by atoms with Gasteiger partial charge in [-0.2, -0.15) is 5.10 Å². The average molecular weight is 170 g/mol. The molecule has 2 atom stereocenters. The van der Waals surface area contributed by atoms with Crippen LogP contribution in [0.3, 0.4) is 0 Å². The number of rotatable bonds is 0. The second-order valence-electron chi connectivity index (χ2n) is 3.14. The number of alkyl halides is 1. The molecule has 0 radical (unpaired) electrons. The van der Waals surface area contributed by atoms with E-state index in [-0.39, 0.29) is 6.04 Å². The summed E-state index contributed by atoms with van der Waals surface area (Å²) in [6.07, 6.45) is -0.522. The summed E-state index contributed by atoms with van der Waals surface area (Å²) in [6.45, 7) is 2.08. The maximum atomic E-state index is 13.0. The zero-order valence-corrected chi connectivity index (χ0v) is 6.87. The maximum Gasteiger partial charge on any atom is 0.147 e. The van der Waals surface area contributed by atoms with E-state index in [1.54, 1.807) is 11.6 Å². The van der Waals surface area contributed by atoms with Gasteiger partial charge in [-0.3, -0.25) is 0 Å². The van der Waals surface area contributed by atoms with Crippen LogP contribution in [0.4, 0.5) is 4.39 Å². The standard InChI is InChI=1S/C7H11FN4/c1-4-10-7-6(9)2-5(8)3-12(7)11-4/h5-6H,2-3,9H2,1H3. The normalized spacial score (nSPS) is 28.6. The van der Waals surface area contributed by atoms with E-state index in [0.29, 0.717) is 24.6 Å². The predicted octanol–water partition coefficient (Wildman–Crippen LogP) is 0.328. The van der Waals surface area contributed by atoms with Crippen LogP contribution in [0.5, 0.6) is 0 Å². The molecular weight excluding hydrogens is 159 g/mol. The predicted molar refractivity (Wildman–Crippen MR) is 41.2 cm³/mol. The number of halogens is 1. The molecule has 0 saturated carbocycles. The van der Waals surface area contributed by atoms with Crippen LogP contribution >= 0.6 is 0 Å². The SMILES string of the molecule is Cc1nc2n(n1)CC(F)CC2N. The van der Waals surface area contributed by atoms with E-state index in [2.05, 4.69) is 10.1 Å². The summed E-state index contributed by atoms with van der Waals surface area (Å²) in [5.41, 5.74) is 5.69. The Bertz CT molecular complexity index is 296. The summed E-state index contributed by atoms with van der Waals surface area (Å²) in [4.78, 5) is 4.13. The Morgan fingerprint density at radius 3 is 3.17 bits per heavy atom. The monoisotopic (exact) mass is 170 g/mol. The Hall–Kier alpha value is -0.970. The van der Waals surface area contributed by atoms with E-state index in [1.165, 1.54) is 0 Å². The summed E-state index contributed by atoms with van der Waals surface area (Å²) < 4.78 is 14.5. The molecule has 0 fully saturated rings. The summed E-state index contributed by atoms with van der Waals surface area (Å²) in [5.74, 6) is 1.37. The van der Waals surface area contributed by atoms with Gasteiger partial charge in [-0.25, -0.2) is 14.1 Å². The first-order valence-electron chi connectivity index (χ1n) is 3.98. The van der Waals surface area contributed by atoms with Gasteiger partial charge >= 0.3 is 0 Å². The molecule has 2 unspecified atom stereocenters. The van der Waals surface area contributed by atoms with Crippen molar-refractivity contribution in [3.63, 3.8) is 0 Å². The second kappa shape index (κ2) is 2.52. The molecule has 4 nitrogen and oxygen atoms in total. The van der Waals surface area contributed by atoms with E-state index in [1.807, 2.05) is 0 Å². The summed E-state index contributed by atoms with van der Waals surface area (Å²) >= 11 is 0. The quantitative estimate of drug-likeness (QED) is 0.610. The number of aryl methyl sites for hydroxylation is 1. The van der Waals surface area contributed by atoms with Gasteiger partial charge in [0.05, 0.1) is 12.6 Å². The molecule has 0 amide bonds. The highest BCUT2D eigenvalue weighted by atomic mass is 19.1. The molecule has 2 rings (SSSR count). The van der Waals surface area contributed by atoms with Crippen molar-refractivity contribution in [2.24, 2.45) is 5.73 Å². The molecule has 1 aliphatic heterocycles. The van der Waals surface area contributed by atoms with Gasteiger partial charge in [0.15, 0.2) is 0 Å². The van der Waals surface area contributed by atoms with Gasteiger partial charge < -0.3 is 5.73 Å². The van der Waals surface area contributed by atoms with Crippen LogP contribution in [-0.2, 0) is 6.54 Å². The lowest BCUT2D eigenvalue weighted by Crippen LogP contribution is -2.30. The van der Waals surface area contributed by atoms with Crippen LogP contribution in [0.2, 0.25) is 0 Å². The fraction of sp³-hybridized carbons (Fsp3) is 0.714. The first-order chi connectivity index (χ1) is 5.66. The van der Waals surface area contributed by atoms with Gasteiger partial charge in [0.2, 0.25) is 0 Å². The lowest BCUT2D eigenvalue weighted by molar-refractivity contribution is 0.220. The van der Waals surface area contributed by atoms with E-state index in [9.17, 15) is 4.39 Å². The molecule has 2 N–H and O–H groups in total. The highest BCUT2D eigenvalue weighted by Crippen LogP contribution is 2.22. The second-order valence-corrected chi connectivity index (χ2v) is 3.14. The van der Waals surface area contributed by atoms with Crippen LogP contribution in [0, 0.1) is 6.92 Å². The lowest BCUT2D eigenvalue weighted by Gasteiger charge is -2.21. The Morgan fingerprint density at radius 2 is 2.42 bits per heavy atom. The van der Waals surface area contributed by atoms with E-state index < -0.39 is 6.17 Å². The molecule has 1 aromatic heterocycles. The number of fused-ring (bicyclic) bond motifs is 1. The topological polar surface area (TPSA) is 56.7 Å². The van der Waals surface area contributed by atoms with Crippen molar-refractivity contribution in [1.82, 2.24) is 14.8 Å². The molecule has 5 heteroatoms. The van der Waals surface area contributed by atoms with Crippen LogP contribution in [0.25, 0.3) is 0 Å². The van der Waals surface area contributed by atoms with Gasteiger partial charge in [0, 0.05) is 6.42 Å². The molecule has 12 heavy (non-hydrogen) atoms. The minimum absolute atomic E-state index is 0.296.